The molecule has 0 aliphatic rings. The van der Waals surface area contributed by atoms with E-state index in [1.165, 1.54) is 0 Å². The largest absolute Gasteiger partial charge is 0.383 e. The molecule has 1 unspecified atom stereocenters. The summed E-state index contributed by atoms with van der Waals surface area (Å²) in [5.41, 5.74) is 1.06. The van der Waals surface area contributed by atoms with E-state index in [1.807, 2.05) is 0 Å². The molecule has 1 atom stereocenters. The third-order valence-electron chi connectivity index (χ3n) is 2.05. The Morgan fingerprint density at radius 1 is 1.62 bits per heavy atom. The third kappa shape index (κ3) is 5.29. The first-order chi connectivity index (χ1) is 6.15. The van der Waals surface area contributed by atoms with Crippen molar-refractivity contribution in [2.75, 3.05) is 32.7 Å². The molecule has 0 bridgehead atoms. The van der Waals surface area contributed by atoms with Gasteiger partial charge < -0.3 is 4.74 Å². The Morgan fingerprint density at radius 2 is 2.23 bits per heavy atom. The van der Waals surface area contributed by atoms with Crippen molar-refractivity contribution >= 4 is 11.6 Å². The molecule has 0 aromatic rings. The first-order valence-electron chi connectivity index (χ1n) is 4.61. The molecule has 0 heterocycles. The van der Waals surface area contributed by atoms with E-state index in [0.29, 0.717) is 11.9 Å². The van der Waals surface area contributed by atoms with Gasteiger partial charge in [-0.3, -0.25) is 4.90 Å². The second-order valence-corrected chi connectivity index (χ2v) is 3.52. The van der Waals surface area contributed by atoms with Crippen molar-refractivity contribution < 1.29 is 4.74 Å². The zero-order chi connectivity index (χ0) is 10.3. The quantitative estimate of drug-likeness (QED) is 0.467. The van der Waals surface area contributed by atoms with Crippen LogP contribution in [-0.4, -0.2) is 43.6 Å². The number of alkyl halides is 1. The van der Waals surface area contributed by atoms with E-state index in [4.69, 9.17) is 16.3 Å². The first-order valence-corrected chi connectivity index (χ1v) is 5.14. The molecule has 0 radical (unpaired) electrons. The topological polar surface area (TPSA) is 12.5 Å². The fourth-order valence-corrected chi connectivity index (χ4v) is 1.34. The number of likely N-dealkylation sites (N-methyl/N-ethyl adjacent to an activating group) is 1. The van der Waals surface area contributed by atoms with Crippen molar-refractivity contribution in [3.8, 4) is 0 Å². The van der Waals surface area contributed by atoms with Crippen LogP contribution < -0.4 is 0 Å². The van der Waals surface area contributed by atoms with Crippen LogP contribution in [0.1, 0.15) is 13.8 Å². The summed E-state index contributed by atoms with van der Waals surface area (Å²) in [6.45, 7) is 10.8. The van der Waals surface area contributed by atoms with E-state index in [9.17, 15) is 0 Å². The van der Waals surface area contributed by atoms with Crippen LogP contribution in [0.5, 0.6) is 0 Å². The predicted octanol–water partition coefficient (Wildman–Crippen LogP) is 2.14. The van der Waals surface area contributed by atoms with Crippen molar-refractivity contribution in [1.82, 2.24) is 4.90 Å². The number of hydrogen-bond donors (Lipinski definition) is 0. The normalized spacial score (nSPS) is 13.3. The summed E-state index contributed by atoms with van der Waals surface area (Å²) in [7, 11) is 1.72. The molecule has 0 fully saturated rings. The van der Waals surface area contributed by atoms with Gasteiger partial charge in [-0.05, 0) is 19.0 Å². The Bertz CT molecular complexity index is 150. The molecule has 3 heteroatoms. The van der Waals surface area contributed by atoms with Crippen LogP contribution in [-0.2, 0) is 4.74 Å². The van der Waals surface area contributed by atoms with Gasteiger partial charge in [-0.1, -0.05) is 13.5 Å². The van der Waals surface area contributed by atoms with Crippen LogP contribution in [0.3, 0.4) is 0 Å². The summed E-state index contributed by atoms with van der Waals surface area (Å²) in [5, 5.41) is 0. The lowest BCUT2D eigenvalue weighted by Crippen LogP contribution is -2.37. The van der Waals surface area contributed by atoms with Crippen molar-refractivity contribution in [1.29, 1.82) is 0 Å². The van der Waals surface area contributed by atoms with Gasteiger partial charge in [0.25, 0.3) is 0 Å². The summed E-state index contributed by atoms with van der Waals surface area (Å²) in [5.74, 6) is 0.538. The first kappa shape index (κ1) is 12.9. The maximum absolute atomic E-state index is 5.68. The highest BCUT2D eigenvalue weighted by atomic mass is 35.5. The second-order valence-electron chi connectivity index (χ2n) is 3.25. The molecule has 2 nitrogen and oxygen atoms in total. The van der Waals surface area contributed by atoms with Crippen molar-refractivity contribution in [2.24, 2.45) is 0 Å². The molecule has 0 amide bonds. The van der Waals surface area contributed by atoms with Gasteiger partial charge in [0.05, 0.1) is 6.61 Å². The lowest BCUT2D eigenvalue weighted by molar-refractivity contribution is 0.109. The van der Waals surface area contributed by atoms with E-state index < -0.39 is 0 Å². The van der Waals surface area contributed by atoms with Gasteiger partial charge in [0.1, 0.15) is 0 Å². The Labute approximate surface area is 86.5 Å². The van der Waals surface area contributed by atoms with Crippen LogP contribution >= 0.6 is 11.6 Å². The van der Waals surface area contributed by atoms with Crippen LogP contribution in [0.15, 0.2) is 12.2 Å². The SMILES string of the molecule is C=C(CCl)CN(CC)C(C)COC. The molecule has 78 valence electrons. The Hall–Kier alpha value is -0.0500. The van der Waals surface area contributed by atoms with Crippen molar-refractivity contribution in [2.45, 2.75) is 19.9 Å². The zero-order valence-corrected chi connectivity index (χ0v) is 9.60. The minimum atomic E-state index is 0.426. The van der Waals surface area contributed by atoms with E-state index in [1.54, 1.807) is 7.11 Å². The number of halogens is 1. The molecular weight excluding hydrogens is 186 g/mol. The number of rotatable bonds is 7. The van der Waals surface area contributed by atoms with E-state index in [-0.39, 0.29) is 0 Å². The summed E-state index contributed by atoms with van der Waals surface area (Å²) in [4.78, 5) is 2.30. The average molecular weight is 206 g/mol. The molecule has 0 saturated carbocycles. The minimum Gasteiger partial charge on any atom is -0.383 e. The highest BCUT2D eigenvalue weighted by molar-refractivity contribution is 6.19. The van der Waals surface area contributed by atoms with Gasteiger partial charge in [0.2, 0.25) is 0 Å². The maximum Gasteiger partial charge on any atom is 0.0615 e. The molecular formula is C10H20ClNO. The summed E-state index contributed by atoms with van der Waals surface area (Å²) in [6.07, 6.45) is 0. The standard InChI is InChI=1S/C10H20ClNO/c1-5-12(7-9(2)6-11)10(3)8-13-4/h10H,2,5-8H2,1,3-4H3. The number of nitrogens with zero attached hydrogens (tertiary/aromatic N) is 1. The van der Waals surface area contributed by atoms with Crippen LogP contribution in [0, 0.1) is 0 Å². The summed E-state index contributed by atoms with van der Waals surface area (Å²) in [6, 6.07) is 0.426. The summed E-state index contributed by atoms with van der Waals surface area (Å²) < 4.78 is 5.10. The molecule has 0 aliphatic heterocycles. The second kappa shape index (κ2) is 7.36. The molecule has 0 spiro atoms. The Balaban J connectivity index is 3.93. The molecule has 0 saturated heterocycles. The molecule has 0 aliphatic carbocycles. The smallest absolute Gasteiger partial charge is 0.0615 e. The predicted molar refractivity (Wildman–Crippen MR) is 58.4 cm³/mol. The Kier molecular flexibility index (Phi) is 7.33. The van der Waals surface area contributed by atoms with Gasteiger partial charge in [0, 0.05) is 25.6 Å². The highest BCUT2D eigenvalue weighted by Gasteiger charge is 2.11. The zero-order valence-electron chi connectivity index (χ0n) is 8.85. The maximum atomic E-state index is 5.68. The monoisotopic (exact) mass is 205 g/mol. The van der Waals surface area contributed by atoms with E-state index in [2.05, 4.69) is 25.3 Å². The molecule has 0 N–H and O–H groups in total. The van der Waals surface area contributed by atoms with Crippen molar-refractivity contribution in [3.05, 3.63) is 12.2 Å². The Morgan fingerprint density at radius 3 is 2.62 bits per heavy atom. The fraction of sp³-hybridized carbons (Fsp3) is 0.800. The third-order valence-corrected chi connectivity index (χ3v) is 2.43. The molecule has 0 aromatic heterocycles. The number of ether oxygens (including phenoxy) is 1. The van der Waals surface area contributed by atoms with E-state index >= 15 is 0 Å². The van der Waals surface area contributed by atoms with Crippen LogP contribution in [0.25, 0.3) is 0 Å². The van der Waals surface area contributed by atoms with Gasteiger partial charge >= 0.3 is 0 Å². The lowest BCUT2D eigenvalue weighted by atomic mass is 10.2. The molecule has 13 heavy (non-hydrogen) atoms. The average Bonchev–Trinajstić information content (AvgIpc) is 2.14. The number of hydrogen-bond acceptors (Lipinski definition) is 2. The number of methoxy groups -OCH3 is 1. The van der Waals surface area contributed by atoms with Crippen LogP contribution in [0.4, 0.5) is 0 Å². The van der Waals surface area contributed by atoms with Gasteiger partial charge in [-0.25, -0.2) is 0 Å². The van der Waals surface area contributed by atoms with Gasteiger partial charge in [-0.2, -0.15) is 0 Å². The van der Waals surface area contributed by atoms with Crippen molar-refractivity contribution in [3.63, 3.8) is 0 Å². The minimum absolute atomic E-state index is 0.426. The molecule has 0 rings (SSSR count). The lowest BCUT2D eigenvalue weighted by Gasteiger charge is -2.27. The van der Waals surface area contributed by atoms with Gasteiger partial charge in [0.15, 0.2) is 0 Å². The van der Waals surface area contributed by atoms with Gasteiger partial charge in [-0.15, -0.1) is 11.6 Å². The van der Waals surface area contributed by atoms with Crippen LogP contribution in [0.2, 0.25) is 0 Å². The van der Waals surface area contributed by atoms with E-state index in [0.717, 1.165) is 25.3 Å². The molecule has 0 aromatic carbocycles. The fourth-order valence-electron chi connectivity index (χ4n) is 1.26. The highest BCUT2D eigenvalue weighted by Crippen LogP contribution is 2.04. The summed E-state index contributed by atoms with van der Waals surface area (Å²) >= 11 is 5.68.